The highest BCUT2D eigenvalue weighted by molar-refractivity contribution is 7.92. The van der Waals surface area contributed by atoms with Gasteiger partial charge in [0.05, 0.1) is 10.5 Å². The summed E-state index contributed by atoms with van der Waals surface area (Å²) >= 11 is 0. The lowest BCUT2D eigenvalue weighted by atomic mass is 9.76. The Morgan fingerprint density at radius 2 is 1.77 bits per heavy atom. The van der Waals surface area contributed by atoms with E-state index in [1.54, 1.807) is 36.4 Å². The molecule has 1 aromatic heterocycles. The Labute approximate surface area is 152 Å². The second-order valence-corrected chi connectivity index (χ2v) is 9.15. The average molecular weight is 369 g/mol. The number of fused-ring (bicyclic) bond motifs is 3. The highest BCUT2D eigenvalue weighted by Crippen LogP contribution is 2.40. The lowest BCUT2D eigenvalue weighted by molar-refractivity contribution is 0.0906. The third-order valence-electron chi connectivity index (χ3n) is 4.62. The molecule has 0 atom stereocenters. The lowest BCUT2D eigenvalue weighted by Crippen LogP contribution is -2.25. The van der Waals surface area contributed by atoms with Crippen LogP contribution in [0.3, 0.4) is 0 Å². The number of sulfonamides is 1. The number of rotatable bonds is 3. The minimum atomic E-state index is -3.68. The molecule has 0 saturated heterocycles. The third kappa shape index (κ3) is 2.90. The molecule has 1 aliphatic carbocycles. The molecule has 0 radical (unpaired) electrons. The molecule has 0 unspecified atom stereocenters. The molecule has 0 bridgehead atoms. The van der Waals surface area contributed by atoms with Gasteiger partial charge in [0.1, 0.15) is 11.3 Å². The predicted molar refractivity (Wildman–Crippen MR) is 99.9 cm³/mol. The fraction of sp³-hybridized carbons (Fsp3) is 0.250. The van der Waals surface area contributed by atoms with Gasteiger partial charge in [0.25, 0.3) is 10.0 Å². The Balaban J connectivity index is 1.75. The Morgan fingerprint density at radius 1 is 1.04 bits per heavy atom. The molecule has 2 aromatic carbocycles. The number of hydrogen-bond donors (Lipinski definition) is 1. The number of carbonyl (C=O) groups excluding carboxylic acids is 1. The fourth-order valence-corrected chi connectivity index (χ4v) is 4.55. The molecule has 1 aliphatic rings. The van der Waals surface area contributed by atoms with Crippen LogP contribution < -0.4 is 4.72 Å². The summed E-state index contributed by atoms with van der Waals surface area (Å²) in [6.45, 7) is 4.08. The van der Waals surface area contributed by atoms with Gasteiger partial charge in [-0.25, -0.2) is 8.42 Å². The summed E-state index contributed by atoms with van der Waals surface area (Å²) in [5.74, 6) is 0.724. The van der Waals surface area contributed by atoms with Crippen LogP contribution in [0.2, 0.25) is 0 Å². The number of furan rings is 1. The van der Waals surface area contributed by atoms with E-state index in [2.05, 4.69) is 4.72 Å². The number of carbonyl (C=O) groups is 1. The number of Topliss-reactive ketones (excluding diaryl/α,β-unsaturated/α-hetero) is 1. The van der Waals surface area contributed by atoms with Gasteiger partial charge in [-0.1, -0.05) is 32.0 Å². The first-order valence-electron chi connectivity index (χ1n) is 8.42. The molecule has 1 heterocycles. The van der Waals surface area contributed by atoms with E-state index in [4.69, 9.17) is 4.42 Å². The minimum Gasteiger partial charge on any atom is -0.460 e. The van der Waals surface area contributed by atoms with Crippen molar-refractivity contribution in [2.45, 2.75) is 31.6 Å². The topological polar surface area (TPSA) is 76.4 Å². The summed E-state index contributed by atoms with van der Waals surface area (Å²) in [6.07, 6.45) is 1.14. The van der Waals surface area contributed by atoms with Crippen LogP contribution in [0.1, 0.15) is 36.4 Å². The molecule has 5 nitrogen and oxygen atoms in total. The highest BCUT2D eigenvalue weighted by Gasteiger charge is 2.35. The van der Waals surface area contributed by atoms with Crippen LogP contribution in [-0.2, 0) is 16.4 Å². The van der Waals surface area contributed by atoms with E-state index >= 15 is 0 Å². The molecule has 4 rings (SSSR count). The standard InChI is InChI=1S/C20H19NO4S/c1-20(2)11-16(22)19-15-10-13(8-9-17(15)25-18(19)12-20)21-26(23,24)14-6-4-3-5-7-14/h3-10,21H,11-12H2,1-2H3. The van der Waals surface area contributed by atoms with Crippen molar-refractivity contribution in [1.82, 2.24) is 0 Å². The zero-order chi connectivity index (χ0) is 18.5. The number of nitrogens with one attached hydrogen (secondary N) is 1. The van der Waals surface area contributed by atoms with Crippen molar-refractivity contribution >= 4 is 32.5 Å². The van der Waals surface area contributed by atoms with Crippen LogP contribution in [0.15, 0.2) is 57.8 Å². The average Bonchev–Trinajstić information content (AvgIpc) is 2.91. The van der Waals surface area contributed by atoms with Gasteiger partial charge < -0.3 is 4.42 Å². The van der Waals surface area contributed by atoms with Gasteiger partial charge in [-0.2, -0.15) is 0 Å². The fourth-order valence-electron chi connectivity index (χ4n) is 3.48. The number of anilines is 1. The zero-order valence-electron chi connectivity index (χ0n) is 14.6. The summed E-state index contributed by atoms with van der Waals surface area (Å²) in [7, 11) is -3.68. The summed E-state index contributed by atoms with van der Waals surface area (Å²) in [5.41, 5.74) is 1.46. The molecule has 1 N–H and O–H groups in total. The Hall–Kier alpha value is -2.60. The molecule has 3 aromatic rings. The second-order valence-electron chi connectivity index (χ2n) is 7.47. The molecular weight excluding hydrogens is 350 g/mol. The van der Waals surface area contributed by atoms with Crippen molar-refractivity contribution in [1.29, 1.82) is 0 Å². The molecule has 26 heavy (non-hydrogen) atoms. The predicted octanol–water partition coefficient (Wildman–Crippen LogP) is 4.39. The van der Waals surface area contributed by atoms with Gasteiger partial charge >= 0.3 is 0 Å². The number of ketones is 1. The van der Waals surface area contributed by atoms with Gasteiger partial charge in [0.15, 0.2) is 5.78 Å². The number of hydrogen-bond acceptors (Lipinski definition) is 4. The largest absolute Gasteiger partial charge is 0.460 e. The Morgan fingerprint density at radius 3 is 2.50 bits per heavy atom. The lowest BCUT2D eigenvalue weighted by Gasteiger charge is -2.27. The third-order valence-corrected chi connectivity index (χ3v) is 6.02. The maximum absolute atomic E-state index is 12.6. The van der Waals surface area contributed by atoms with Gasteiger partial charge in [-0.3, -0.25) is 9.52 Å². The Kier molecular flexibility index (Phi) is 3.70. The van der Waals surface area contributed by atoms with E-state index in [0.29, 0.717) is 40.8 Å². The van der Waals surface area contributed by atoms with Gasteiger partial charge in [-0.15, -0.1) is 0 Å². The molecular formula is C20H19NO4S. The van der Waals surface area contributed by atoms with E-state index in [0.717, 1.165) is 0 Å². The smallest absolute Gasteiger partial charge is 0.261 e. The van der Waals surface area contributed by atoms with Crippen molar-refractivity contribution in [2.24, 2.45) is 5.41 Å². The minimum absolute atomic E-state index is 0.0399. The first-order chi connectivity index (χ1) is 12.3. The van der Waals surface area contributed by atoms with E-state index in [1.807, 2.05) is 13.8 Å². The van der Waals surface area contributed by atoms with Crippen molar-refractivity contribution in [3.8, 4) is 0 Å². The summed E-state index contributed by atoms with van der Waals surface area (Å²) < 4.78 is 33.5. The monoisotopic (exact) mass is 369 g/mol. The number of benzene rings is 2. The van der Waals surface area contributed by atoms with E-state index in [-0.39, 0.29) is 16.1 Å². The van der Waals surface area contributed by atoms with Crippen LogP contribution in [-0.4, -0.2) is 14.2 Å². The first kappa shape index (κ1) is 16.8. The molecule has 0 saturated carbocycles. The Bertz CT molecular complexity index is 1110. The first-order valence-corrected chi connectivity index (χ1v) is 9.90. The van der Waals surface area contributed by atoms with Crippen LogP contribution in [0, 0.1) is 5.41 Å². The van der Waals surface area contributed by atoms with Crippen molar-refractivity contribution in [2.75, 3.05) is 4.72 Å². The van der Waals surface area contributed by atoms with Gasteiger partial charge in [0, 0.05) is 23.9 Å². The van der Waals surface area contributed by atoms with Crippen molar-refractivity contribution < 1.29 is 17.6 Å². The quantitative estimate of drug-likeness (QED) is 0.743. The molecule has 0 fully saturated rings. The second kappa shape index (κ2) is 5.71. The van der Waals surface area contributed by atoms with Crippen LogP contribution in [0.25, 0.3) is 11.0 Å². The summed E-state index contributed by atoms with van der Waals surface area (Å²) in [5, 5.41) is 0.661. The van der Waals surface area contributed by atoms with Gasteiger partial charge in [-0.05, 0) is 35.7 Å². The summed E-state index contributed by atoms with van der Waals surface area (Å²) in [6, 6.07) is 13.2. The SMILES string of the molecule is CC1(C)CC(=O)c2c(oc3ccc(NS(=O)(=O)c4ccccc4)cc23)C1. The van der Waals surface area contributed by atoms with Crippen LogP contribution >= 0.6 is 0 Å². The van der Waals surface area contributed by atoms with Crippen molar-refractivity contribution in [3.63, 3.8) is 0 Å². The van der Waals surface area contributed by atoms with Crippen LogP contribution in [0.5, 0.6) is 0 Å². The maximum atomic E-state index is 12.6. The van der Waals surface area contributed by atoms with Crippen molar-refractivity contribution in [3.05, 3.63) is 59.9 Å². The van der Waals surface area contributed by atoms with E-state index in [1.165, 1.54) is 12.1 Å². The normalized spacial score (nSPS) is 16.5. The zero-order valence-corrected chi connectivity index (χ0v) is 15.4. The molecule has 134 valence electrons. The molecule has 0 aliphatic heterocycles. The summed E-state index contributed by atoms with van der Waals surface area (Å²) in [4.78, 5) is 12.8. The van der Waals surface area contributed by atoms with E-state index < -0.39 is 10.0 Å². The van der Waals surface area contributed by atoms with Gasteiger partial charge in [0.2, 0.25) is 0 Å². The molecule has 0 spiro atoms. The molecule has 6 heteroatoms. The maximum Gasteiger partial charge on any atom is 0.261 e. The highest BCUT2D eigenvalue weighted by atomic mass is 32.2. The van der Waals surface area contributed by atoms with E-state index in [9.17, 15) is 13.2 Å². The molecule has 0 amide bonds. The van der Waals surface area contributed by atoms with Crippen LogP contribution in [0.4, 0.5) is 5.69 Å².